The Hall–Kier alpha value is -2.77. The first kappa shape index (κ1) is 21.5. The second-order valence-corrected chi connectivity index (χ2v) is 8.73. The lowest BCUT2D eigenvalue weighted by molar-refractivity contribution is -0.305. The average molecular weight is 500 g/mol. The number of pyridine rings is 1. The molecular weight excluding hydrogens is 482 g/mol. The number of halogens is 2. The first-order valence-electron chi connectivity index (χ1n) is 9.74. The van der Waals surface area contributed by atoms with Crippen LogP contribution in [0.2, 0.25) is 5.15 Å². The Kier molecular flexibility index (Phi) is 6.07. The number of carboxylic acid groups (broad SMARTS) is 1. The van der Waals surface area contributed by atoms with E-state index in [1.54, 1.807) is 0 Å². The van der Waals surface area contributed by atoms with E-state index < -0.39 is 5.97 Å². The van der Waals surface area contributed by atoms with E-state index in [1.165, 1.54) is 5.01 Å². The molecule has 0 unspecified atom stereocenters. The summed E-state index contributed by atoms with van der Waals surface area (Å²) in [5.41, 5.74) is 4.06. The summed E-state index contributed by atoms with van der Waals surface area (Å²) in [5, 5.41) is 18.0. The van der Waals surface area contributed by atoms with Gasteiger partial charge in [-0.25, -0.2) is 9.99 Å². The lowest BCUT2D eigenvalue weighted by Crippen LogP contribution is -2.29. The zero-order valence-electron chi connectivity index (χ0n) is 16.6. The molecule has 0 saturated heterocycles. The number of nitrogens with zero attached hydrogens (tertiary/aromatic N) is 3. The number of carbonyl (C=O) groups is 2. The van der Waals surface area contributed by atoms with Gasteiger partial charge in [0.2, 0.25) is 5.91 Å². The highest BCUT2D eigenvalue weighted by Gasteiger charge is 2.33. The molecule has 1 aromatic heterocycles. The van der Waals surface area contributed by atoms with Gasteiger partial charge < -0.3 is 9.90 Å². The van der Waals surface area contributed by atoms with Crippen molar-refractivity contribution in [3.05, 3.63) is 74.8 Å². The summed E-state index contributed by atoms with van der Waals surface area (Å²) in [6.07, 6.45) is -0.0997. The fraction of sp³-hybridized carbons (Fsp3) is 0.217. The standard InChI is InChI=1S/C23H19BrClN3O3/c1-13-2-3-15-11-17(23(25)26-18(15)10-13)19-12-20(14-4-6-16(24)7-5-14)28(27-19)21(29)8-9-22(30)31/h2-7,10-11,20H,8-9,12H2,1H3,(H,30,31)/p-1/t20-/m1/s1. The molecule has 0 aliphatic carbocycles. The lowest BCUT2D eigenvalue weighted by Gasteiger charge is -2.22. The van der Waals surface area contributed by atoms with Gasteiger partial charge in [-0.15, -0.1) is 0 Å². The molecule has 31 heavy (non-hydrogen) atoms. The SMILES string of the molecule is Cc1ccc2cc(C3=NN(C(=O)CCC(=O)[O-])[C@@H](c4ccc(Br)cc4)C3)c(Cl)nc2c1. The smallest absolute Gasteiger partial charge is 0.243 e. The maximum absolute atomic E-state index is 12.8. The molecular formula is C23H18BrClN3O3-. The van der Waals surface area contributed by atoms with Crippen LogP contribution in [0, 0.1) is 6.92 Å². The third kappa shape index (κ3) is 4.62. The molecule has 0 fully saturated rings. The maximum atomic E-state index is 12.8. The first-order valence-corrected chi connectivity index (χ1v) is 10.9. The minimum atomic E-state index is -1.27. The van der Waals surface area contributed by atoms with E-state index in [0.29, 0.717) is 22.8 Å². The Balaban J connectivity index is 1.72. The van der Waals surface area contributed by atoms with Crippen LogP contribution >= 0.6 is 27.5 Å². The second kappa shape index (κ2) is 8.77. The number of aliphatic carboxylic acids is 1. The van der Waals surface area contributed by atoms with Crippen molar-refractivity contribution >= 4 is 56.0 Å². The first-order chi connectivity index (χ1) is 14.8. The van der Waals surface area contributed by atoms with Crippen molar-refractivity contribution in [2.75, 3.05) is 0 Å². The highest BCUT2D eigenvalue weighted by molar-refractivity contribution is 9.10. The van der Waals surface area contributed by atoms with Crippen molar-refractivity contribution < 1.29 is 14.7 Å². The third-order valence-electron chi connectivity index (χ3n) is 5.20. The van der Waals surface area contributed by atoms with E-state index in [4.69, 9.17) is 11.6 Å². The fourth-order valence-corrected chi connectivity index (χ4v) is 4.15. The van der Waals surface area contributed by atoms with Crippen molar-refractivity contribution in [1.29, 1.82) is 0 Å². The van der Waals surface area contributed by atoms with Gasteiger partial charge in [0, 0.05) is 34.2 Å². The van der Waals surface area contributed by atoms with E-state index in [-0.39, 0.29) is 24.8 Å². The molecule has 4 rings (SSSR count). The van der Waals surface area contributed by atoms with Crippen LogP contribution in [0.4, 0.5) is 0 Å². The minimum Gasteiger partial charge on any atom is -0.550 e. The fourth-order valence-electron chi connectivity index (χ4n) is 3.63. The van der Waals surface area contributed by atoms with Crippen LogP contribution in [0.5, 0.6) is 0 Å². The van der Waals surface area contributed by atoms with Crippen LogP contribution in [-0.2, 0) is 9.59 Å². The highest BCUT2D eigenvalue weighted by atomic mass is 79.9. The van der Waals surface area contributed by atoms with Gasteiger partial charge in [0.25, 0.3) is 0 Å². The van der Waals surface area contributed by atoms with Crippen LogP contribution in [0.1, 0.15) is 42.0 Å². The van der Waals surface area contributed by atoms with Gasteiger partial charge >= 0.3 is 0 Å². The molecule has 3 aromatic rings. The minimum absolute atomic E-state index is 0.185. The summed E-state index contributed by atoms with van der Waals surface area (Å²) >= 11 is 9.91. The predicted octanol–water partition coefficient (Wildman–Crippen LogP) is 4.17. The Morgan fingerprint density at radius 1 is 1.16 bits per heavy atom. The molecule has 0 saturated carbocycles. The number of carboxylic acids is 1. The average Bonchev–Trinajstić information content (AvgIpc) is 3.17. The molecule has 1 aliphatic rings. The number of carbonyl (C=O) groups excluding carboxylic acids is 2. The van der Waals surface area contributed by atoms with E-state index in [2.05, 4.69) is 26.0 Å². The summed E-state index contributed by atoms with van der Waals surface area (Å²) in [6, 6.07) is 15.1. The molecule has 158 valence electrons. The molecule has 0 N–H and O–H groups in total. The summed E-state index contributed by atoms with van der Waals surface area (Å²) in [5.74, 6) is -1.65. The van der Waals surface area contributed by atoms with E-state index >= 15 is 0 Å². The number of benzene rings is 2. The second-order valence-electron chi connectivity index (χ2n) is 7.45. The van der Waals surface area contributed by atoms with E-state index in [1.807, 2.05) is 55.5 Å². The number of rotatable bonds is 5. The highest BCUT2D eigenvalue weighted by Crippen LogP contribution is 2.36. The number of hydrogen-bond donors (Lipinski definition) is 0. The summed E-state index contributed by atoms with van der Waals surface area (Å²) in [4.78, 5) is 28.1. The number of aryl methyl sites for hydroxylation is 1. The molecule has 0 bridgehead atoms. The zero-order valence-corrected chi connectivity index (χ0v) is 19.0. The van der Waals surface area contributed by atoms with E-state index in [0.717, 1.165) is 26.5 Å². The molecule has 1 amide bonds. The molecule has 1 aliphatic heterocycles. The van der Waals surface area contributed by atoms with Crippen molar-refractivity contribution in [3.8, 4) is 0 Å². The van der Waals surface area contributed by atoms with Gasteiger partial charge in [0.05, 0.1) is 17.3 Å². The molecule has 2 heterocycles. The molecule has 6 nitrogen and oxygen atoms in total. The number of hydrazone groups is 1. The molecule has 1 atom stereocenters. The van der Waals surface area contributed by atoms with Gasteiger partial charge in [-0.05, 0) is 48.7 Å². The molecule has 0 spiro atoms. The van der Waals surface area contributed by atoms with Crippen LogP contribution in [-0.4, -0.2) is 27.6 Å². The zero-order chi connectivity index (χ0) is 22.1. The van der Waals surface area contributed by atoms with Crippen LogP contribution in [0.15, 0.2) is 58.1 Å². The van der Waals surface area contributed by atoms with Crippen molar-refractivity contribution in [3.63, 3.8) is 0 Å². The quantitative estimate of drug-likeness (QED) is 0.493. The van der Waals surface area contributed by atoms with Crippen LogP contribution < -0.4 is 5.11 Å². The van der Waals surface area contributed by atoms with Crippen molar-refractivity contribution in [2.45, 2.75) is 32.2 Å². The van der Waals surface area contributed by atoms with Crippen molar-refractivity contribution in [1.82, 2.24) is 9.99 Å². The van der Waals surface area contributed by atoms with Crippen LogP contribution in [0.3, 0.4) is 0 Å². The largest absolute Gasteiger partial charge is 0.550 e. The molecule has 0 radical (unpaired) electrons. The molecule has 2 aromatic carbocycles. The number of hydrogen-bond acceptors (Lipinski definition) is 5. The van der Waals surface area contributed by atoms with Gasteiger partial charge in [-0.1, -0.05) is 51.8 Å². The van der Waals surface area contributed by atoms with Crippen molar-refractivity contribution in [2.24, 2.45) is 5.10 Å². The lowest BCUT2D eigenvalue weighted by atomic mass is 9.98. The van der Waals surface area contributed by atoms with Gasteiger partial charge in [0.1, 0.15) is 5.15 Å². The Labute approximate surface area is 192 Å². The topological polar surface area (TPSA) is 85.7 Å². The Morgan fingerprint density at radius 3 is 2.61 bits per heavy atom. The summed E-state index contributed by atoms with van der Waals surface area (Å²) in [6.45, 7) is 1.99. The third-order valence-corrected chi connectivity index (χ3v) is 6.02. The molecule has 8 heteroatoms. The summed E-state index contributed by atoms with van der Waals surface area (Å²) in [7, 11) is 0. The van der Waals surface area contributed by atoms with Gasteiger partial charge in [-0.3, -0.25) is 4.79 Å². The Morgan fingerprint density at radius 2 is 1.90 bits per heavy atom. The van der Waals surface area contributed by atoms with Gasteiger partial charge in [0.15, 0.2) is 0 Å². The summed E-state index contributed by atoms with van der Waals surface area (Å²) < 4.78 is 0.919. The van der Waals surface area contributed by atoms with E-state index in [9.17, 15) is 14.7 Å². The monoisotopic (exact) mass is 498 g/mol. The number of amides is 1. The Bertz CT molecular complexity index is 1210. The number of aromatic nitrogens is 1. The predicted molar refractivity (Wildman–Crippen MR) is 121 cm³/mol. The van der Waals surface area contributed by atoms with Gasteiger partial charge in [-0.2, -0.15) is 5.10 Å². The normalized spacial score (nSPS) is 15.9. The number of fused-ring (bicyclic) bond motifs is 1. The van der Waals surface area contributed by atoms with Crippen LogP contribution in [0.25, 0.3) is 10.9 Å². The maximum Gasteiger partial charge on any atom is 0.243 e.